The first-order chi connectivity index (χ1) is 10.2. The maximum atomic E-state index is 3.74. The second kappa shape index (κ2) is 7.08. The van der Waals surface area contributed by atoms with Gasteiger partial charge in [0.25, 0.3) is 0 Å². The molecule has 3 rings (SSSR count). The lowest BCUT2D eigenvalue weighted by Gasteiger charge is -2.29. The average Bonchev–Trinajstić information content (AvgIpc) is 2.85. The molecule has 1 aromatic carbocycles. The molecule has 1 heterocycles. The van der Waals surface area contributed by atoms with Gasteiger partial charge in [0.1, 0.15) is 0 Å². The molecular weight excluding hydrogens is 342 g/mol. The number of nitrogens with one attached hydrogen (secondary N) is 1. The van der Waals surface area contributed by atoms with Crippen molar-refractivity contribution in [2.75, 3.05) is 0 Å². The van der Waals surface area contributed by atoms with Gasteiger partial charge in [0.2, 0.25) is 0 Å². The lowest BCUT2D eigenvalue weighted by atomic mass is 9.82. The maximum Gasteiger partial charge on any atom is 0.0314 e. The third-order valence-electron chi connectivity index (χ3n) is 4.47. The summed E-state index contributed by atoms with van der Waals surface area (Å²) in [5.41, 5.74) is 1.52. The lowest BCUT2D eigenvalue weighted by molar-refractivity contribution is 0.342. The first kappa shape index (κ1) is 15.3. The Morgan fingerprint density at radius 2 is 1.86 bits per heavy atom. The van der Waals surface area contributed by atoms with Crippen LogP contribution in [0.25, 0.3) is 0 Å². The van der Waals surface area contributed by atoms with E-state index in [1.54, 1.807) is 0 Å². The molecule has 1 nitrogen and oxygen atoms in total. The minimum Gasteiger partial charge on any atom is -0.309 e. The smallest absolute Gasteiger partial charge is 0.0314 e. The van der Waals surface area contributed by atoms with Gasteiger partial charge in [-0.05, 0) is 66.1 Å². The third-order valence-corrected chi connectivity index (χ3v) is 6.61. The highest BCUT2D eigenvalue weighted by molar-refractivity contribution is 9.10. The number of rotatable bonds is 4. The SMILES string of the molecule is Cc1sc(CNC2CCC(c3ccccc3)CC2)cc1Br. The fourth-order valence-corrected chi connectivity index (χ4v) is 4.76. The van der Waals surface area contributed by atoms with E-state index in [-0.39, 0.29) is 0 Å². The number of hydrogen-bond donors (Lipinski definition) is 1. The van der Waals surface area contributed by atoms with Crippen molar-refractivity contribution < 1.29 is 0 Å². The van der Waals surface area contributed by atoms with Gasteiger partial charge in [-0.1, -0.05) is 30.3 Å². The molecule has 0 bridgehead atoms. The van der Waals surface area contributed by atoms with Crippen LogP contribution >= 0.6 is 27.3 Å². The summed E-state index contributed by atoms with van der Waals surface area (Å²) in [5, 5.41) is 3.74. The molecule has 0 unspecified atom stereocenters. The van der Waals surface area contributed by atoms with Crippen LogP contribution in [0.1, 0.15) is 46.9 Å². The zero-order valence-electron chi connectivity index (χ0n) is 12.4. The molecule has 1 saturated carbocycles. The van der Waals surface area contributed by atoms with Gasteiger partial charge >= 0.3 is 0 Å². The van der Waals surface area contributed by atoms with Crippen molar-refractivity contribution in [2.45, 2.75) is 51.1 Å². The van der Waals surface area contributed by atoms with E-state index in [1.165, 1.54) is 45.5 Å². The summed E-state index contributed by atoms with van der Waals surface area (Å²) in [4.78, 5) is 2.81. The molecule has 3 heteroatoms. The third kappa shape index (κ3) is 3.97. The van der Waals surface area contributed by atoms with Crippen molar-refractivity contribution >= 4 is 27.3 Å². The van der Waals surface area contributed by atoms with Crippen molar-refractivity contribution in [3.05, 3.63) is 56.2 Å². The summed E-state index contributed by atoms with van der Waals surface area (Å²) in [5.74, 6) is 0.766. The van der Waals surface area contributed by atoms with Crippen molar-refractivity contribution in [1.82, 2.24) is 5.32 Å². The number of benzene rings is 1. The van der Waals surface area contributed by atoms with E-state index in [9.17, 15) is 0 Å². The minimum absolute atomic E-state index is 0.686. The van der Waals surface area contributed by atoms with Crippen LogP contribution < -0.4 is 5.32 Å². The van der Waals surface area contributed by atoms with E-state index in [0.717, 1.165) is 12.5 Å². The number of aryl methyl sites for hydroxylation is 1. The molecule has 2 aromatic rings. The Labute approximate surface area is 139 Å². The summed E-state index contributed by atoms with van der Waals surface area (Å²) >= 11 is 5.49. The molecule has 0 saturated heterocycles. The molecule has 1 N–H and O–H groups in total. The van der Waals surface area contributed by atoms with Gasteiger partial charge in [-0.15, -0.1) is 11.3 Å². The fraction of sp³-hybridized carbons (Fsp3) is 0.444. The molecule has 0 spiro atoms. The lowest BCUT2D eigenvalue weighted by Crippen LogP contribution is -2.32. The summed E-state index contributed by atoms with van der Waals surface area (Å²) < 4.78 is 1.25. The van der Waals surface area contributed by atoms with E-state index in [0.29, 0.717) is 6.04 Å². The van der Waals surface area contributed by atoms with Crippen LogP contribution in [0, 0.1) is 6.92 Å². The predicted molar refractivity (Wildman–Crippen MR) is 95.0 cm³/mol. The Morgan fingerprint density at radius 3 is 2.48 bits per heavy atom. The van der Waals surface area contributed by atoms with Crippen molar-refractivity contribution in [2.24, 2.45) is 0 Å². The Bertz CT molecular complexity index is 551. The van der Waals surface area contributed by atoms with Crippen LogP contribution in [0.4, 0.5) is 0 Å². The molecule has 1 aromatic heterocycles. The second-order valence-corrected chi connectivity index (χ2v) is 8.15. The molecule has 1 aliphatic rings. The zero-order chi connectivity index (χ0) is 14.7. The van der Waals surface area contributed by atoms with Crippen LogP contribution in [-0.4, -0.2) is 6.04 Å². The minimum atomic E-state index is 0.686. The van der Waals surface area contributed by atoms with Gasteiger partial charge in [0.05, 0.1) is 0 Å². The normalized spacial score (nSPS) is 22.4. The Balaban J connectivity index is 1.48. The fourth-order valence-electron chi connectivity index (χ4n) is 3.21. The molecule has 1 aliphatic carbocycles. The zero-order valence-corrected chi connectivity index (χ0v) is 14.8. The summed E-state index contributed by atoms with van der Waals surface area (Å²) in [6, 6.07) is 13.9. The molecule has 0 amide bonds. The van der Waals surface area contributed by atoms with Crippen LogP contribution in [0.5, 0.6) is 0 Å². The standard InChI is InChI=1S/C18H22BrNS/c1-13-18(19)11-17(21-13)12-20-16-9-7-15(8-10-16)14-5-3-2-4-6-14/h2-6,11,15-16,20H,7-10,12H2,1H3. The first-order valence-corrected chi connectivity index (χ1v) is 9.36. The van der Waals surface area contributed by atoms with Crippen LogP contribution in [0.15, 0.2) is 40.9 Å². The average molecular weight is 364 g/mol. The van der Waals surface area contributed by atoms with Gasteiger partial charge in [0.15, 0.2) is 0 Å². The van der Waals surface area contributed by atoms with Gasteiger partial charge in [-0.2, -0.15) is 0 Å². The number of thiophene rings is 1. The van der Waals surface area contributed by atoms with E-state index < -0.39 is 0 Å². The summed E-state index contributed by atoms with van der Waals surface area (Å²) in [7, 11) is 0. The Kier molecular flexibility index (Phi) is 5.15. The van der Waals surface area contributed by atoms with E-state index in [1.807, 2.05) is 11.3 Å². The molecule has 0 atom stereocenters. The van der Waals surface area contributed by atoms with Crippen molar-refractivity contribution in [3.63, 3.8) is 0 Å². The van der Waals surface area contributed by atoms with Gasteiger partial charge < -0.3 is 5.32 Å². The summed E-state index contributed by atoms with van der Waals surface area (Å²) in [6.45, 7) is 3.18. The van der Waals surface area contributed by atoms with Crippen molar-refractivity contribution in [1.29, 1.82) is 0 Å². The number of halogens is 1. The van der Waals surface area contributed by atoms with E-state index in [4.69, 9.17) is 0 Å². The van der Waals surface area contributed by atoms with E-state index in [2.05, 4.69) is 64.6 Å². The number of hydrogen-bond acceptors (Lipinski definition) is 2. The first-order valence-electron chi connectivity index (χ1n) is 7.75. The Hall–Kier alpha value is -0.640. The quantitative estimate of drug-likeness (QED) is 0.741. The molecule has 0 radical (unpaired) electrons. The highest BCUT2D eigenvalue weighted by atomic mass is 79.9. The molecule has 21 heavy (non-hydrogen) atoms. The van der Waals surface area contributed by atoms with Crippen LogP contribution in [0.2, 0.25) is 0 Å². The van der Waals surface area contributed by atoms with Gasteiger partial charge in [-0.25, -0.2) is 0 Å². The van der Waals surface area contributed by atoms with Gasteiger partial charge in [-0.3, -0.25) is 0 Å². The largest absolute Gasteiger partial charge is 0.309 e. The predicted octanol–water partition coefficient (Wildman–Crippen LogP) is 5.64. The van der Waals surface area contributed by atoms with Crippen LogP contribution in [0.3, 0.4) is 0 Å². The highest BCUT2D eigenvalue weighted by Gasteiger charge is 2.21. The Morgan fingerprint density at radius 1 is 1.14 bits per heavy atom. The highest BCUT2D eigenvalue weighted by Crippen LogP contribution is 2.33. The molecular formula is C18H22BrNS. The maximum absolute atomic E-state index is 3.74. The van der Waals surface area contributed by atoms with E-state index >= 15 is 0 Å². The molecule has 112 valence electrons. The van der Waals surface area contributed by atoms with Gasteiger partial charge in [0, 0.05) is 26.8 Å². The van der Waals surface area contributed by atoms with Crippen molar-refractivity contribution in [3.8, 4) is 0 Å². The second-order valence-electron chi connectivity index (χ2n) is 5.96. The molecule has 0 aliphatic heterocycles. The molecule has 1 fully saturated rings. The topological polar surface area (TPSA) is 12.0 Å². The van der Waals surface area contributed by atoms with Crippen LogP contribution in [-0.2, 0) is 6.54 Å². The summed E-state index contributed by atoms with van der Waals surface area (Å²) in [6.07, 6.45) is 5.22. The monoisotopic (exact) mass is 363 g/mol.